The fourth-order valence-corrected chi connectivity index (χ4v) is 3.21. The van der Waals surface area contributed by atoms with Gasteiger partial charge in [0.25, 0.3) is 5.91 Å². The molecule has 0 aliphatic heterocycles. The van der Waals surface area contributed by atoms with E-state index >= 15 is 0 Å². The third-order valence-electron chi connectivity index (χ3n) is 3.21. The van der Waals surface area contributed by atoms with Gasteiger partial charge in [-0.1, -0.05) is 22.9 Å². The molecule has 0 spiro atoms. The Kier molecular flexibility index (Phi) is 5.48. The van der Waals surface area contributed by atoms with Crippen molar-refractivity contribution in [2.45, 2.75) is 25.2 Å². The molecule has 0 bridgehead atoms. The molecule has 0 aliphatic rings. The molecule has 8 nitrogen and oxygen atoms in total. The van der Waals surface area contributed by atoms with Gasteiger partial charge in [-0.05, 0) is 26.0 Å². The SMILES string of the molecule is Cc1ccc(S(=O)(=O)CC(=O)CC(=O)C(=O)Nc2cc(C)on2)cc1. The third-order valence-corrected chi connectivity index (χ3v) is 4.90. The smallest absolute Gasteiger partial charge is 0.293 e. The van der Waals surface area contributed by atoms with Crippen LogP contribution in [-0.4, -0.2) is 36.8 Å². The second kappa shape index (κ2) is 7.39. The lowest BCUT2D eigenvalue weighted by molar-refractivity contribution is -0.137. The predicted octanol–water partition coefficient (Wildman–Crippen LogP) is 1.23. The number of hydrogen-bond acceptors (Lipinski definition) is 7. The van der Waals surface area contributed by atoms with Gasteiger partial charge < -0.3 is 9.84 Å². The third kappa shape index (κ3) is 5.08. The first kappa shape index (κ1) is 18.5. The minimum atomic E-state index is -3.86. The highest BCUT2D eigenvalue weighted by Gasteiger charge is 2.24. The highest BCUT2D eigenvalue weighted by atomic mass is 32.2. The molecule has 0 fully saturated rings. The second-order valence-corrected chi connectivity index (χ2v) is 7.48. The molecular formula is C16H16N2O6S. The zero-order valence-corrected chi connectivity index (χ0v) is 14.4. The van der Waals surface area contributed by atoms with Gasteiger partial charge in [0.2, 0.25) is 5.78 Å². The van der Waals surface area contributed by atoms with E-state index in [4.69, 9.17) is 4.52 Å². The first-order valence-corrected chi connectivity index (χ1v) is 8.91. The zero-order chi connectivity index (χ0) is 18.6. The van der Waals surface area contributed by atoms with Crippen molar-refractivity contribution in [3.63, 3.8) is 0 Å². The van der Waals surface area contributed by atoms with Gasteiger partial charge in [-0.25, -0.2) is 8.42 Å². The first-order valence-electron chi connectivity index (χ1n) is 7.26. The van der Waals surface area contributed by atoms with E-state index in [0.717, 1.165) is 5.56 Å². The van der Waals surface area contributed by atoms with Gasteiger partial charge >= 0.3 is 0 Å². The maximum atomic E-state index is 12.1. The summed E-state index contributed by atoms with van der Waals surface area (Å²) in [5.41, 5.74) is 0.875. The van der Waals surface area contributed by atoms with Crippen molar-refractivity contribution in [2.75, 3.05) is 11.1 Å². The van der Waals surface area contributed by atoms with E-state index in [0.29, 0.717) is 5.76 Å². The van der Waals surface area contributed by atoms with Gasteiger partial charge in [0.05, 0.1) is 11.3 Å². The molecule has 0 radical (unpaired) electrons. The summed E-state index contributed by atoms with van der Waals surface area (Å²) < 4.78 is 29.0. The Morgan fingerprint density at radius 3 is 2.32 bits per heavy atom. The lowest BCUT2D eigenvalue weighted by Gasteiger charge is -2.04. The average molecular weight is 364 g/mol. The predicted molar refractivity (Wildman–Crippen MR) is 87.7 cm³/mol. The summed E-state index contributed by atoms with van der Waals surface area (Å²) >= 11 is 0. The van der Waals surface area contributed by atoms with E-state index in [1.807, 2.05) is 0 Å². The lowest BCUT2D eigenvalue weighted by Crippen LogP contribution is -2.27. The normalized spacial score (nSPS) is 11.1. The Morgan fingerprint density at radius 2 is 1.76 bits per heavy atom. The number of amides is 1. The van der Waals surface area contributed by atoms with Gasteiger partial charge in [-0.2, -0.15) is 0 Å². The number of nitrogens with one attached hydrogen (secondary N) is 1. The molecule has 0 saturated heterocycles. The number of benzene rings is 1. The van der Waals surface area contributed by atoms with Crippen LogP contribution in [0.1, 0.15) is 17.7 Å². The first-order chi connectivity index (χ1) is 11.7. The summed E-state index contributed by atoms with van der Waals surface area (Å²) in [6.07, 6.45) is -0.812. The van der Waals surface area contributed by atoms with E-state index in [1.54, 1.807) is 26.0 Å². The minimum absolute atomic E-state index is 0.0126. The van der Waals surface area contributed by atoms with E-state index in [9.17, 15) is 22.8 Å². The van der Waals surface area contributed by atoms with Crippen molar-refractivity contribution in [3.05, 3.63) is 41.7 Å². The van der Waals surface area contributed by atoms with Crippen molar-refractivity contribution in [1.29, 1.82) is 0 Å². The number of Topliss-reactive ketones (excluding diaryl/α,β-unsaturated/α-hetero) is 2. The summed E-state index contributed by atoms with van der Waals surface area (Å²) in [6, 6.07) is 7.39. The van der Waals surface area contributed by atoms with Crippen molar-refractivity contribution < 1.29 is 27.3 Å². The highest BCUT2D eigenvalue weighted by molar-refractivity contribution is 7.92. The Bertz CT molecular complexity index is 912. The molecular weight excluding hydrogens is 348 g/mol. The van der Waals surface area contributed by atoms with E-state index in [1.165, 1.54) is 18.2 Å². The number of ketones is 2. The number of rotatable bonds is 7. The van der Waals surface area contributed by atoms with Crippen LogP contribution in [0, 0.1) is 13.8 Å². The Hall–Kier alpha value is -2.81. The second-order valence-electron chi connectivity index (χ2n) is 5.49. The molecule has 9 heteroatoms. The summed E-state index contributed by atoms with van der Waals surface area (Å²) in [4.78, 5) is 35.3. The van der Waals surface area contributed by atoms with Crippen molar-refractivity contribution >= 4 is 33.1 Å². The molecule has 0 unspecified atom stereocenters. The number of aryl methyl sites for hydroxylation is 2. The van der Waals surface area contributed by atoms with E-state index < -0.39 is 39.5 Å². The zero-order valence-electron chi connectivity index (χ0n) is 13.6. The standard InChI is InChI=1S/C16H16N2O6S/c1-10-3-5-13(6-4-10)25(22,23)9-12(19)8-14(20)16(21)17-15-7-11(2)24-18-15/h3-7H,8-9H2,1-2H3,(H,17,18,21). The van der Waals surface area contributed by atoms with Crippen LogP contribution in [-0.2, 0) is 24.2 Å². The molecule has 1 N–H and O–H groups in total. The van der Waals surface area contributed by atoms with Crippen LogP contribution in [0.4, 0.5) is 5.82 Å². The largest absolute Gasteiger partial charge is 0.360 e. The highest BCUT2D eigenvalue weighted by Crippen LogP contribution is 2.13. The number of nitrogens with zero attached hydrogens (tertiary/aromatic N) is 1. The van der Waals surface area contributed by atoms with Crippen molar-refractivity contribution in [1.82, 2.24) is 5.16 Å². The molecule has 0 saturated carbocycles. The van der Waals surface area contributed by atoms with Crippen LogP contribution in [0.15, 0.2) is 39.8 Å². The van der Waals surface area contributed by atoms with Crippen LogP contribution >= 0.6 is 0 Å². The Labute approximate surface area is 144 Å². The molecule has 1 heterocycles. The molecule has 0 aliphatic carbocycles. The molecule has 0 atom stereocenters. The lowest BCUT2D eigenvalue weighted by atomic mass is 10.2. The summed E-state index contributed by atoms with van der Waals surface area (Å²) in [6.45, 7) is 3.40. The monoisotopic (exact) mass is 364 g/mol. The fraction of sp³-hybridized carbons (Fsp3) is 0.250. The molecule has 1 aromatic carbocycles. The maximum absolute atomic E-state index is 12.1. The average Bonchev–Trinajstić information content (AvgIpc) is 2.92. The summed E-state index contributed by atoms with van der Waals surface area (Å²) in [7, 11) is -3.86. The molecule has 1 aromatic heterocycles. The molecule has 1 amide bonds. The van der Waals surface area contributed by atoms with Gasteiger partial charge in [0.15, 0.2) is 21.4 Å². The van der Waals surface area contributed by atoms with Crippen LogP contribution in [0.25, 0.3) is 0 Å². The van der Waals surface area contributed by atoms with Crippen LogP contribution in [0.5, 0.6) is 0 Å². The van der Waals surface area contributed by atoms with Crippen LogP contribution < -0.4 is 5.32 Å². The number of carbonyl (C=O) groups is 3. The number of sulfone groups is 1. The van der Waals surface area contributed by atoms with Gasteiger partial charge in [0, 0.05) is 6.07 Å². The van der Waals surface area contributed by atoms with Crippen LogP contribution in [0.2, 0.25) is 0 Å². The number of aromatic nitrogens is 1. The molecule has 132 valence electrons. The number of hydrogen-bond donors (Lipinski definition) is 1. The van der Waals surface area contributed by atoms with E-state index in [-0.39, 0.29) is 10.7 Å². The topological polar surface area (TPSA) is 123 Å². The minimum Gasteiger partial charge on any atom is -0.360 e. The molecule has 2 aromatic rings. The molecule has 25 heavy (non-hydrogen) atoms. The quantitative estimate of drug-likeness (QED) is 0.579. The van der Waals surface area contributed by atoms with Gasteiger partial charge in [-0.15, -0.1) is 0 Å². The van der Waals surface area contributed by atoms with E-state index in [2.05, 4.69) is 10.5 Å². The van der Waals surface area contributed by atoms with Gasteiger partial charge in [-0.3, -0.25) is 14.4 Å². The maximum Gasteiger partial charge on any atom is 0.293 e. The summed E-state index contributed by atoms with van der Waals surface area (Å²) in [5, 5.41) is 5.66. The Balaban J connectivity index is 1.95. The van der Waals surface area contributed by atoms with Crippen molar-refractivity contribution in [3.8, 4) is 0 Å². The Morgan fingerprint density at radius 1 is 1.12 bits per heavy atom. The van der Waals surface area contributed by atoms with Crippen LogP contribution in [0.3, 0.4) is 0 Å². The molecule has 2 rings (SSSR count). The number of anilines is 1. The van der Waals surface area contributed by atoms with Gasteiger partial charge in [0.1, 0.15) is 11.5 Å². The summed E-state index contributed by atoms with van der Waals surface area (Å²) in [5.74, 6) is -3.35. The number of carbonyl (C=O) groups excluding carboxylic acids is 3. The van der Waals surface area contributed by atoms with Crippen molar-refractivity contribution in [2.24, 2.45) is 0 Å². The fourth-order valence-electron chi connectivity index (χ4n) is 1.96.